The Morgan fingerprint density at radius 2 is 1.55 bits per heavy atom. The first-order valence-corrected chi connectivity index (χ1v) is 10.8. The topological polar surface area (TPSA) is 66.5 Å². The van der Waals surface area contributed by atoms with Gasteiger partial charge >= 0.3 is 0 Å². The van der Waals surface area contributed by atoms with E-state index in [1.165, 1.54) is 23.5 Å². The van der Waals surface area contributed by atoms with Crippen molar-refractivity contribution in [3.05, 3.63) is 90.0 Å². The van der Waals surface area contributed by atoms with Crippen LogP contribution in [-0.2, 0) is 10.0 Å². The molecule has 0 heterocycles. The van der Waals surface area contributed by atoms with Crippen molar-refractivity contribution in [1.82, 2.24) is 0 Å². The minimum Gasteiger partial charge on any atom is -0.322 e. The van der Waals surface area contributed by atoms with Gasteiger partial charge in [0.05, 0.1) is 10.6 Å². The van der Waals surface area contributed by atoms with Crippen LogP contribution in [0.2, 0.25) is 0 Å². The Morgan fingerprint density at radius 3 is 2.24 bits per heavy atom. The quantitative estimate of drug-likeness (QED) is 0.632. The van der Waals surface area contributed by atoms with Gasteiger partial charge in [-0.3, -0.25) is 9.10 Å². The standard InChI is InChI=1S/C23H24N2O3S/c1-17(2)21-14-7-8-15-22(21)24-23(26)18-10-9-13-20(16-18)29(27,28)25(3)19-11-5-4-6-12-19/h4-17H,1-3H3,(H,24,26). The molecule has 3 aromatic rings. The molecule has 1 N–H and O–H groups in total. The first-order valence-electron chi connectivity index (χ1n) is 9.35. The number of para-hydroxylation sites is 2. The van der Waals surface area contributed by atoms with E-state index in [-0.39, 0.29) is 22.3 Å². The fraction of sp³-hybridized carbons (Fsp3) is 0.174. The molecule has 0 aliphatic carbocycles. The van der Waals surface area contributed by atoms with Gasteiger partial charge in [-0.25, -0.2) is 8.42 Å². The fourth-order valence-electron chi connectivity index (χ4n) is 3.04. The van der Waals surface area contributed by atoms with Crippen LogP contribution in [0.1, 0.15) is 35.7 Å². The smallest absolute Gasteiger partial charge is 0.264 e. The molecule has 3 aromatic carbocycles. The molecule has 29 heavy (non-hydrogen) atoms. The van der Waals surface area contributed by atoms with Gasteiger partial charge in [0.15, 0.2) is 0 Å². The van der Waals surface area contributed by atoms with Crippen molar-refractivity contribution >= 4 is 27.3 Å². The van der Waals surface area contributed by atoms with E-state index in [9.17, 15) is 13.2 Å². The highest BCUT2D eigenvalue weighted by Crippen LogP contribution is 2.25. The van der Waals surface area contributed by atoms with Crippen LogP contribution in [0.5, 0.6) is 0 Å². The van der Waals surface area contributed by atoms with Crippen LogP contribution < -0.4 is 9.62 Å². The molecule has 0 atom stereocenters. The van der Waals surface area contributed by atoms with Gasteiger partial charge < -0.3 is 5.32 Å². The first kappa shape index (κ1) is 20.6. The molecule has 0 bridgehead atoms. The van der Waals surface area contributed by atoms with Crippen molar-refractivity contribution in [3.63, 3.8) is 0 Å². The van der Waals surface area contributed by atoms with E-state index in [0.29, 0.717) is 5.69 Å². The number of hydrogen-bond donors (Lipinski definition) is 1. The Labute approximate surface area is 172 Å². The molecule has 6 heteroatoms. The second-order valence-electron chi connectivity index (χ2n) is 7.03. The normalized spacial score (nSPS) is 11.3. The lowest BCUT2D eigenvalue weighted by Gasteiger charge is -2.20. The van der Waals surface area contributed by atoms with Crippen molar-refractivity contribution in [3.8, 4) is 0 Å². The summed E-state index contributed by atoms with van der Waals surface area (Å²) in [6, 6.07) is 22.5. The van der Waals surface area contributed by atoms with Crippen molar-refractivity contribution in [2.75, 3.05) is 16.7 Å². The van der Waals surface area contributed by atoms with Crippen molar-refractivity contribution < 1.29 is 13.2 Å². The monoisotopic (exact) mass is 408 g/mol. The van der Waals surface area contributed by atoms with E-state index in [1.54, 1.807) is 36.4 Å². The minimum atomic E-state index is -3.79. The molecule has 0 aliphatic rings. The van der Waals surface area contributed by atoms with E-state index in [1.807, 2.05) is 30.3 Å². The zero-order chi connectivity index (χ0) is 21.0. The molecule has 0 unspecified atom stereocenters. The highest BCUT2D eigenvalue weighted by Gasteiger charge is 2.22. The molecule has 0 aromatic heterocycles. The maximum absolute atomic E-state index is 13.0. The SMILES string of the molecule is CC(C)c1ccccc1NC(=O)c1cccc(S(=O)(=O)N(C)c2ccccc2)c1. The van der Waals surface area contributed by atoms with Crippen LogP contribution >= 0.6 is 0 Å². The lowest BCUT2D eigenvalue weighted by molar-refractivity contribution is 0.102. The van der Waals surface area contributed by atoms with Gasteiger partial charge in [-0.05, 0) is 47.9 Å². The zero-order valence-electron chi connectivity index (χ0n) is 16.7. The summed E-state index contributed by atoms with van der Waals surface area (Å²) < 4.78 is 27.2. The number of anilines is 2. The van der Waals surface area contributed by atoms with Crippen LogP contribution in [0, 0.1) is 0 Å². The van der Waals surface area contributed by atoms with E-state index in [2.05, 4.69) is 19.2 Å². The van der Waals surface area contributed by atoms with Crippen molar-refractivity contribution in [2.24, 2.45) is 0 Å². The van der Waals surface area contributed by atoms with Gasteiger partial charge in [0.1, 0.15) is 0 Å². The number of hydrogen-bond acceptors (Lipinski definition) is 3. The third-order valence-electron chi connectivity index (χ3n) is 4.71. The average molecular weight is 409 g/mol. The lowest BCUT2D eigenvalue weighted by Crippen LogP contribution is -2.26. The van der Waals surface area contributed by atoms with Crippen LogP contribution in [0.25, 0.3) is 0 Å². The van der Waals surface area contributed by atoms with Gasteiger partial charge in [0, 0.05) is 18.3 Å². The van der Waals surface area contributed by atoms with Gasteiger partial charge in [-0.1, -0.05) is 56.3 Å². The maximum atomic E-state index is 13.0. The summed E-state index contributed by atoms with van der Waals surface area (Å²) in [6.45, 7) is 4.11. The number of benzene rings is 3. The third-order valence-corrected chi connectivity index (χ3v) is 6.49. The van der Waals surface area contributed by atoms with Gasteiger partial charge in [-0.15, -0.1) is 0 Å². The molecule has 0 fully saturated rings. The lowest BCUT2D eigenvalue weighted by atomic mass is 10.0. The summed E-state index contributed by atoms with van der Waals surface area (Å²) in [5.41, 5.74) is 2.58. The second kappa shape index (κ2) is 8.49. The molecule has 1 amide bonds. The summed E-state index contributed by atoms with van der Waals surface area (Å²) in [6.07, 6.45) is 0. The molecule has 5 nitrogen and oxygen atoms in total. The molecular weight excluding hydrogens is 384 g/mol. The highest BCUT2D eigenvalue weighted by molar-refractivity contribution is 7.92. The first-order chi connectivity index (χ1) is 13.8. The zero-order valence-corrected chi connectivity index (χ0v) is 17.5. The van der Waals surface area contributed by atoms with Gasteiger partial charge in [0.2, 0.25) is 0 Å². The molecule has 0 saturated heterocycles. The Kier molecular flexibility index (Phi) is 6.03. The molecular formula is C23H24N2O3S. The summed E-state index contributed by atoms with van der Waals surface area (Å²) in [5.74, 6) is -0.102. The molecule has 0 spiro atoms. The Morgan fingerprint density at radius 1 is 0.897 bits per heavy atom. The van der Waals surface area contributed by atoms with Gasteiger partial charge in [-0.2, -0.15) is 0 Å². The predicted octanol–water partition coefficient (Wildman–Crippen LogP) is 4.89. The Bertz CT molecular complexity index is 1110. The van der Waals surface area contributed by atoms with E-state index in [0.717, 1.165) is 11.3 Å². The number of sulfonamides is 1. The number of carbonyl (C=O) groups is 1. The van der Waals surface area contributed by atoms with E-state index in [4.69, 9.17) is 0 Å². The highest BCUT2D eigenvalue weighted by atomic mass is 32.2. The van der Waals surface area contributed by atoms with E-state index >= 15 is 0 Å². The largest absolute Gasteiger partial charge is 0.322 e. The number of nitrogens with zero attached hydrogens (tertiary/aromatic N) is 1. The fourth-order valence-corrected chi connectivity index (χ4v) is 4.28. The number of rotatable bonds is 6. The van der Waals surface area contributed by atoms with Crippen LogP contribution in [-0.4, -0.2) is 21.4 Å². The third kappa shape index (κ3) is 4.49. The van der Waals surface area contributed by atoms with Crippen molar-refractivity contribution in [2.45, 2.75) is 24.7 Å². The summed E-state index contributed by atoms with van der Waals surface area (Å²) >= 11 is 0. The molecule has 0 saturated carbocycles. The van der Waals surface area contributed by atoms with Crippen LogP contribution in [0.3, 0.4) is 0 Å². The second-order valence-corrected chi connectivity index (χ2v) is 9.00. The minimum absolute atomic E-state index is 0.0636. The molecule has 150 valence electrons. The molecule has 3 rings (SSSR count). The summed E-state index contributed by atoms with van der Waals surface area (Å²) in [7, 11) is -2.29. The number of nitrogens with one attached hydrogen (secondary N) is 1. The summed E-state index contributed by atoms with van der Waals surface area (Å²) in [4.78, 5) is 12.9. The average Bonchev–Trinajstić information content (AvgIpc) is 2.74. The maximum Gasteiger partial charge on any atom is 0.264 e. The Hall–Kier alpha value is -3.12. The van der Waals surface area contributed by atoms with Crippen LogP contribution in [0.15, 0.2) is 83.8 Å². The van der Waals surface area contributed by atoms with Gasteiger partial charge in [0.25, 0.3) is 15.9 Å². The van der Waals surface area contributed by atoms with Crippen LogP contribution in [0.4, 0.5) is 11.4 Å². The predicted molar refractivity (Wildman–Crippen MR) is 117 cm³/mol. The number of amides is 1. The molecule has 0 radical (unpaired) electrons. The summed E-state index contributed by atoms with van der Waals surface area (Å²) in [5, 5.41) is 2.90. The van der Waals surface area contributed by atoms with Crippen molar-refractivity contribution in [1.29, 1.82) is 0 Å². The Balaban J connectivity index is 1.89. The number of carbonyl (C=O) groups excluding carboxylic acids is 1. The molecule has 0 aliphatic heterocycles. The van der Waals surface area contributed by atoms with E-state index < -0.39 is 10.0 Å².